The molecule has 1 aromatic heterocycles. The van der Waals surface area contributed by atoms with E-state index in [1.807, 2.05) is 12.1 Å². The third-order valence-electron chi connectivity index (χ3n) is 6.49. The quantitative estimate of drug-likeness (QED) is 0.498. The molecule has 4 N–H and O–H groups in total. The fourth-order valence-corrected chi connectivity index (χ4v) is 4.70. The topological polar surface area (TPSA) is 140 Å². The minimum Gasteiger partial charge on any atom is -0.481 e. The molecule has 0 saturated heterocycles. The van der Waals surface area contributed by atoms with Crippen molar-refractivity contribution in [3.63, 3.8) is 0 Å². The van der Waals surface area contributed by atoms with Crippen molar-refractivity contribution in [2.75, 3.05) is 49.4 Å². The van der Waals surface area contributed by atoms with Crippen LogP contribution in [0.4, 0.5) is 17.5 Å². The summed E-state index contributed by atoms with van der Waals surface area (Å²) in [5.41, 5.74) is 8.26. The third kappa shape index (κ3) is 5.39. The van der Waals surface area contributed by atoms with Crippen LogP contribution in [-0.2, 0) is 9.53 Å². The van der Waals surface area contributed by atoms with E-state index in [2.05, 4.69) is 27.4 Å². The Morgan fingerprint density at radius 3 is 2.65 bits per heavy atom. The van der Waals surface area contributed by atoms with Gasteiger partial charge in [-0.25, -0.2) is 0 Å². The van der Waals surface area contributed by atoms with Gasteiger partial charge in [0.15, 0.2) is 0 Å². The molecular formula is C24H31N5O5. The van der Waals surface area contributed by atoms with Crippen molar-refractivity contribution in [3.05, 3.63) is 35.4 Å². The van der Waals surface area contributed by atoms with Crippen molar-refractivity contribution in [2.24, 2.45) is 5.92 Å². The van der Waals surface area contributed by atoms with E-state index in [0.717, 1.165) is 31.4 Å². The number of nitrogens with two attached hydrogens (primary N) is 1. The lowest BCUT2D eigenvalue weighted by molar-refractivity contribution is -0.138. The smallest absolute Gasteiger partial charge is 0.303 e. The number of nitrogens with zero attached hydrogens (tertiary/aromatic N) is 3. The number of carboxylic acids is 1. The Morgan fingerprint density at radius 2 is 1.97 bits per heavy atom. The van der Waals surface area contributed by atoms with Gasteiger partial charge >= 0.3 is 5.97 Å². The van der Waals surface area contributed by atoms with Gasteiger partial charge in [-0.05, 0) is 55.2 Å². The Bertz CT molecular complexity index is 1020. The predicted octanol–water partition coefficient (Wildman–Crippen LogP) is 2.90. The van der Waals surface area contributed by atoms with Gasteiger partial charge in [-0.15, -0.1) is 0 Å². The molecule has 10 heteroatoms. The number of nitrogens with one attached hydrogen (secondary N) is 1. The molecule has 0 spiro atoms. The van der Waals surface area contributed by atoms with Crippen LogP contribution >= 0.6 is 0 Å². The third-order valence-corrected chi connectivity index (χ3v) is 6.49. The van der Waals surface area contributed by atoms with E-state index < -0.39 is 5.97 Å². The first-order valence-electron chi connectivity index (χ1n) is 11.6. The molecular weight excluding hydrogens is 438 g/mol. The number of hydrogen-bond acceptors (Lipinski definition) is 8. The molecule has 0 bridgehead atoms. The number of methoxy groups -OCH3 is 1. The first kappa shape index (κ1) is 23.7. The van der Waals surface area contributed by atoms with Crippen molar-refractivity contribution in [1.82, 2.24) is 9.97 Å². The zero-order valence-electron chi connectivity index (χ0n) is 19.3. The molecule has 1 aromatic carbocycles. The number of carboxylic acid groups (broad SMARTS) is 1. The molecule has 4 rings (SSSR count). The Labute approximate surface area is 198 Å². The van der Waals surface area contributed by atoms with Crippen LogP contribution in [-0.4, -0.2) is 60.4 Å². The summed E-state index contributed by atoms with van der Waals surface area (Å²) < 4.78 is 10.8. The second kappa shape index (κ2) is 10.7. The number of aromatic nitrogens is 2. The van der Waals surface area contributed by atoms with Crippen molar-refractivity contribution in [3.8, 4) is 5.88 Å². The Kier molecular flexibility index (Phi) is 7.46. The molecule has 0 atom stereocenters. The molecule has 2 aromatic rings. The lowest BCUT2D eigenvalue weighted by atomic mass is 9.77. The van der Waals surface area contributed by atoms with Gasteiger partial charge in [0.2, 0.25) is 11.8 Å². The van der Waals surface area contributed by atoms with Crippen LogP contribution in [0, 0.1) is 5.92 Å². The lowest BCUT2D eigenvalue weighted by Gasteiger charge is -2.28. The van der Waals surface area contributed by atoms with Gasteiger partial charge in [-0.3, -0.25) is 9.59 Å². The van der Waals surface area contributed by atoms with Crippen molar-refractivity contribution < 1.29 is 24.2 Å². The van der Waals surface area contributed by atoms with Gasteiger partial charge in [-0.2, -0.15) is 9.97 Å². The van der Waals surface area contributed by atoms with Crippen LogP contribution in [0.5, 0.6) is 5.88 Å². The minimum atomic E-state index is -0.718. The normalized spacial score (nSPS) is 20.3. The van der Waals surface area contributed by atoms with Crippen LogP contribution in [0.3, 0.4) is 0 Å². The number of fused-ring (bicyclic) bond motifs is 1. The highest BCUT2D eigenvalue weighted by Gasteiger charge is 2.30. The summed E-state index contributed by atoms with van der Waals surface area (Å²) in [5, 5.41) is 12.0. The Balaban J connectivity index is 1.46. The predicted molar refractivity (Wildman–Crippen MR) is 127 cm³/mol. The van der Waals surface area contributed by atoms with E-state index in [-0.39, 0.29) is 48.1 Å². The maximum absolute atomic E-state index is 13.3. The fourth-order valence-electron chi connectivity index (χ4n) is 4.70. The monoisotopic (exact) mass is 469 g/mol. The number of anilines is 3. The maximum atomic E-state index is 13.3. The summed E-state index contributed by atoms with van der Waals surface area (Å²) >= 11 is 0. The van der Waals surface area contributed by atoms with Crippen LogP contribution in [0.1, 0.15) is 53.9 Å². The van der Waals surface area contributed by atoms with Gasteiger partial charge in [0.1, 0.15) is 18.0 Å². The zero-order chi connectivity index (χ0) is 24.1. The largest absolute Gasteiger partial charge is 0.481 e. The average molecular weight is 470 g/mol. The average Bonchev–Trinajstić information content (AvgIpc) is 2.98. The molecule has 1 fully saturated rings. The molecule has 0 radical (unpaired) electrons. The SMILES string of the molecule is COCCNc1nc(N)c2c(n1)OCCN(c1ccc(C3CCC(CC(=O)O)CC3)cc1)C2=O. The Morgan fingerprint density at radius 1 is 1.24 bits per heavy atom. The minimum absolute atomic E-state index is 0.0663. The summed E-state index contributed by atoms with van der Waals surface area (Å²) in [6.07, 6.45) is 4.08. The lowest BCUT2D eigenvalue weighted by Crippen LogP contribution is -2.32. The number of ether oxygens (including phenoxy) is 2. The molecule has 2 aliphatic rings. The number of amides is 1. The first-order valence-corrected chi connectivity index (χ1v) is 11.6. The standard InChI is InChI=1S/C24H31N5O5/c1-33-12-10-26-24-27-21(25)20-22(28-24)34-13-11-29(23(20)32)18-8-6-17(7-9-18)16-4-2-15(3-5-16)14-19(30)31/h6-9,15-16H,2-5,10-14H2,1H3,(H,30,31)(H3,25,26,27,28). The van der Waals surface area contributed by atoms with Crippen molar-refractivity contribution in [1.29, 1.82) is 0 Å². The highest BCUT2D eigenvalue weighted by Crippen LogP contribution is 2.38. The van der Waals surface area contributed by atoms with Gasteiger partial charge in [0, 0.05) is 25.8 Å². The molecule has 1 aliphatic carbocycles. The van der Waals surface area contributed by atoms with E-state index >= 15 is 0 Å². The van der Waals surface area contributed by atoms with E-state index in [4.69, 9.17) is 20.3 Å². The molecule has 2 heterocycles. The van der Waals surface area contributed by atoms with E-state index in [1.54, 1.807) is 12.0 Å². The molecule has 10 nitrogen and oxygen atoms in total. The van der Waals surface area contributed by atoms with Crippen molar-refractivity contribution >= 4 is 29.3 Å². The van der Waals surface area contributed by atoms with Gasteiger partial charge in [0.25, 0.3) is 5.91 Å². The van der Waals surface area contributed by atoms with Crippen LogP contribution in [0.2, 0.25) is 0 Å². The highest BCUT2D eigenvalue weighted by molar-refractivity contribution is 6.10. The zero-order valence-corrected chi connectivity index (χ0v) is 19.3. The number of rotatable bonds is 8. The number of aliphatic carboxylic acids is 1. The van der Waals surface area contributed by atoms with Crippen molar-refractivity contribution in [2.45, 2.75) is 38.0 Å². The number of nitrogen functional groups attached to an aromatic ring is 1. The van der Waals surface area contributed by atoms with Crippen LogP contribution < -0.4 is 20.7 Å². The molecule has 34 heavy (non-hydrogen) atoms. The number of hydrogen-bond donors (Lipinski definition) is 3. The maximum Gasteiger partial charge on any atom is 0.303 e. The van der Waals surface area contributed by atoms with E-state index in [9.17, 15) is 9.59 Å². The second-order valence-corrected chi connectivity index (χ2v) is 8.74. The first-order chi connectivity index (χ1) is 16.5. The summed E-state index contributed by atoms with van der Waals surface area (Å²) in [6.45, 7) is 1.62. The molecule has 1 amide bonds. The summed E-state index contributed by atoms with van der Waals surface area (Å²) in [6, 6.07) is 8.00. The summed E-state index contributed by atoms with van der Waals surface area (Å²) in [5.74, 6) is 0.200. The molecule has 182 valence electrons. The molecule has 1 aliphatic heterocycles. The van der Waals surface area contributed by atoms with E-state index in [1.165, 1.54) is 5.56 Å². The fraction of sp³-hybridized carbons (Fsp3) is 0.500. The number of carbonyl (C=O) groups is 2. The van der Waals surface area contributed by atoms with Crippen LogP contribution in [0.25, 0.3) is 0 Å². The summed E-state index contributed by atoms with van der Waals surface area (Å²) in [4.78, 5) is 34.5. The van der Waals surface area contributed by atoms with E-state index in [0.29, 0.717) is 25.6 Å². The van der Waals surface area contributed by atoms with Crippen LogP contribution in [0.15, 0.2) is 24.3 Å². The number of carbonyl (C=O) groups excluding carboxylic acids is 1. The Hall–Kier alpha value is -3.40. The van der Waals surface area contributed by atoms with Gasteiger partial charge in [-0.1, -0.05) is 12.1 Å². The highest BCUT2D eigenvalue weighted by atomic mass is 16.5. The second-order valence-electron chi connectivity index (χ2n) is 8.74. The molecule has 0 unspecified atom stereocenters. The van der Waals surface area contributed by atoms with Gasteiger partial charge < -0.3 is 30.5 Å². The molecule has 1 saturated carbocycles. The van der Waals surface area contributed by atoms with Gasteiger partial charge in [0.05, 0.1) is 13.2 Å². The summed E-state index contributed by atoms with van der Waals surface area (Å²) in [7, 11) is 1.60. The number of benzene rings is 1.